The molecule has 0 aromatic heterocycles. The Hall–Kier alpha value is -1.51. The van der Waals surface area contributed by atoms with Gasteiger partial charge < -0.3 is 0 Å². The number of benzene rings is 2. The maximum absolute atomic E-state index is 11.9. The molecule has 0 radical (unpaired) electrons. The first-order chi connectivity index (χ1) is 9.27. The monoisotopic (exact) mass is 286 g/mol. The van der Waals surface area contributed by atoms with E-state index in [9.17, 15) is 4.79 Å². The quantitative estimate of drug-likeness (QED) is 0.833. The van der Waals surface area contributed by atoms with Gasteiger partial charge in [0.05, 0.1) is 5.03 Å². The Morgan fingerprint density at radius 1 is 0.895 bits per heavy atom. The fraction of sp³-hybridized carbons (Fsp3) is 0.0625. The summed E-state index contributed by atoms with van der Waals surface area (Å²) in [6.07, 6.45) is 0. The summed E-state index contributed by atoms with van der Waals surface area (Å²) in [5.74, 6) is 0.0226. The number of rotatable bonds is 3. The Labute approximate surface area is 121 Å². The van der Waals surface area contributed by atoms with Gasteiger partial charge in [-0.15, -0.1) is 11.8 Å². The topological polar surface area (TPSA) is 17.1 Å². The van der Waals surface area contributed by atoms with Crippen LogP contribution in [0.15, 0.2) is 70.6 Å². The second kappa shape index (κ2) is 5.24. The van der Waals surface area contributed by atoms with Crippen LogP contribution >= 0.6 is 23.4 Å². The van der Waals surface area contributed by atoms with E-state index in [2.05, 4.69) is 0 Å². The molecular weight excluding hydrogens is 276 g/mol. The third-order valence-electron chi connectivity index (χ3n) is 3.04. The first kappa shape index (κ1) is 12.5. The van der Waals surface area contributed by atoms with Crippen LogP contribution in [0, 0.1) is 0 Å². The zero-order chi connectivity index (χ0) is 13.2. The lowest BCUT2D eigenvalue weighted by Gasteiger charge is -2.28. The molecule has 0 amide bonds. The van der Waals surface area contributed by atoms with E-state index in [1.807, 2.05) is 60.7 Å². The maximum atomic E-state index is 11.9. The molecule has 1 aliphatic rings. The van der Waals surface area contributed by atoms with Crippen molar-refractivity contribution in [1.29, 1.82) is 0 Å². The Kier molecular flexibility index (Phi) is 3.45. The van der Waals surface area contributed by atoms with Crippen molar-refractivity contribution in [2.45, 2.75) is 10.1 Å². The summed E-state index contributed by atoms with van der Waals surface area (Å²) in [5, 5.41) is 0.192. The highest BCUT2D eigenvalue weighted by Gasteiger charge is 2.39. The van der Waals surface area contributed by atoms with Crippen LogP contribution in [0.5, 0.6) is 0 Å². The lowest BCUT2D eigenvalue weighted by atomic mass is 9.90. The van der Waals surface area contributed by atoms with Gasteiger partial charge in [-0.3, -0.25) is 4.79 Å². The number of carbonyl (C=O) groups excluding carboxylic acids is 1. The van der Waals surface area contributed by atoms with Crippen molar-refractivity contribution in [2.75, 3.05) is 0 Å². The number of thioether (sulfide) groups is 1. The summed E-state index contributed by atoms with van der Waals surface area (Å²) >= 11 is 7.63. The van der Waals surface area contributed by atoms with Gasteiger partial charge in [0.2, 0.25) is 0 Å². The van der Waals surface area contributed by atoms with E-state index in [-0.39, 0.29) is 11.0 Å². The lowest BCUT2D eigenvalue weighted by Crippen LogP contribution is -2.30. The van der Waals surface area contributed by atoms with Gasteiger partial charge in [0.1, 0.15) is 5.25 Å². The van der Waals surface area contributed by atoms with Crippen LogP contribution in [0.3, 0.4) is 0 Å². The van der Waals surface area contributed by atoms with E-state index in [1.165, 1.54) is 0 Å². The minimum Gasteiger partial charge on any atom is -0.292 e. The molecule has 0 saturated heterocycles. The van der Waals surface area contributed by atoms with E-state index in [0.29, 0.717) is 5.03 Å². The van der Waals surface area contributed by atoms with Gasteiger partial charge in [0, 0.05) is 10.5 Å². The molecule has 0 spiro atoms. The fourth-order valence-corrected chi connectivity index (χ4v) is 3.70. The van der Waals surface area contributed by atoms with Gasteiger partial charge in [-0.05, 0) is 17.7 Å². The lowest BCUT2D eigenvalue weighted by molar-refractivity contribution is -0.114. The van der Waals surface area contributed by atoms with Crippen LogP contribution in [0.1, 0.15) is 5.56 Å². The van der Waals surface area contributed by atoms with E-state index in [1.54, 1.807) is 11.8 Å². The van der Waals surface area contributed by atoms with E-state index in [4.69, 9.17) is 11.6 Å². The highest BCUT2D eigenvalue weighted by Crippen LogP contribution is 2.45. The second-order valence-corrected chi connectivity index (χ2v) is 5.83. The van der Waals surface area contributed by atoms with Crippen molar-refractivity contribution in [2.24, 2.45) is 0 Å². The predicted molar refractivity (Wildman–Crippen MR) is 80.3 cm³/mol. The van der Waals surface area contributed by atoms with Crippen LogP contribution in [0.4, 0.5) is 0 Å². The minimum atomic E-state index is -0.183. The van der Waals surface area contributed by atoms with Crippen molar-refractivity contribution < 1.29 is 4.79 Å². The Bertz CT molecular complexity index is 634. The minimum absolute atomic E-state index is 0.0226. The van der Waals surface area contributed by atoms with Crippen LogP contribution in [-0.4, -0.2) is 11.0 Å². The molecule has 0 aliphatic heterocycles. The average Bonchev–Trinajstić information content (AvgIpc) is 2.48. The van der Waals surface area contributed by atoms with Gasteiger partial charge in [0.15, 0.2) is 5.78 Å². The maximum Gasteiger partial charge on any atom is 0.192 e. The summed E-state index contributed by atoms with van der Waals surface area (Å²) in [5.41, 5.74) is 1.97. The van der Waals surface area contributed by atoms with Crippen LogP contribution in [0.25, 0.3) is 5.57 Å². The van der Waals surface area contributed by atoms with Crippen molar-refractivity contribution >= 4 is 34.7 Å². The SMILES string of the molecule is O=C1C(Cl)=C(c2ccccc2)C1Sc1ccccc1. The van der Waals surface area contributed by atoms with E-state index >= 15 is 0 Å². The van der Waals surface area contributed by atoms with Gasteiger partial charge in [-0.1, -0.05) is 60.1 Å². The third kappa shape index (κ3) is 2.34. The summed E-state index contributed by atoms with van der Waals surface area (Å²) in [7, 11) is 0. The Balaban J connectivity index is 1.90. The molecule has 1 aliphatic carbocycles. The molecule has 3 rings (SSSR count). The number of hydrogen-bond donors (Lipinski definition) is 0. The summed E-state index contributed by atoms with van der Waals surface area (Å²) in [6, 6.07) is 19.8. The van der Waals surface area contributed by atoms with Gasteiger partial charge in [0.25, 0.3) is 0 Å². The number of hydrogen-bond acceptors (Lipinski definition) is 2. The molecule has 19 heavy (non-hydrogen) atoms. The zero-order valence-corrected chi connectivity index (χ0v) is 11.6. The first-order valence-electron chi connectivity index (χ1n) is 5.98. The largest absolute Gasteiger partial charge is 0.292 e. The normalized spacial score (nSPS) is 18.4. The van der Waals surface area contributed by atoms with Crippen molar-refractivity contribution in [3.05, 3.63) is 71.3 Å². The predicted octanol–water partition coefficient (Wildman–Crippen LogP) is 4.38. The van der Waals surface area contributed by atoms with Crippen LogP contribution in [0.2, 0.25) is 0 Å². The molecule has 0 fully saturated rings. The third-order valence-corrected chi connectivity index (χ3v) is 4.65. The van der Waals surface area contributed by atoms with Gasteiger partial charge >= 0.3 is 0 Å². The number of carbonyl (C=O) groups is 1. The number of halogens is 1. The fourth-order valence-electron chi connectivity index (χ4n) is 2.06. The van der Waals surface area contributed by atoms with Crippen molar-refractivity contribution in [3.63, 3.8) is 0 Å². The molecule has 2 aromatic rings. The summed E-state index contributed by atoms with van der Waals surface area (Å²) in [4.78, 5) is 13.0. The standard InChI is InChI=1S/C16H11ClOS/c17-14-13(11-7-3-1-4-8-11)16(15(14)18)19-12-9-5-2-6-10-12/h1-10,16H. The van der Waals surface area contributed by atoms with Crippen molar-refractivity contribution in [3.8, 4) is 0 Å². The molecule has 0 heterocycles. The zero-order valence-electron chi connectivity index (χ0n) is 10.0. The highest BCUT2D eigenvalue weighted by molar-refractivity contribution is 8.01. The average molecular weight is 287 g/mol. The molecule has 0 N–H and O–H groups in total. The Morgan fingerprint density at radius 2 is 1.47 bits per heavy atom. The second-order valence-electron chi connectivity index (χ2n) is 4.27. The molecule has 3 heteroatoms. The molecule has 0 saturated carbocycles. The molecule has 1 atom stereocenters. The van der Waals surface area contributed by atoms with Crippen LogP contribution < -0.4 is 0 Å². The highest BCUT2D eigenvalue weighted by atomic mass is 35.5. The van der Waals surface area contributed by atoms with E-state index < -0.39 is 0 Å². The smallest absolute Gasteiger partial charge is 0.192 e. The number of allylic oxidation sites excluding steroid dienone is 1. The molecule has 1 nitrogen and oxygen atoms in total. The van der Waals surface area contributed by atoms with Crippen LogP contribution in [-0.2, 0) is 4.79 Å². The molecule has 2 aromatic carbocycles. The number of ketones is 1. The van der Waals surface area contributed by atoms with E-state index in [0.717, 1.165) is 16.0 Å². The number of Topliss-reactive ketones (excluding diaryl/α,β-unsaturated/α-hetero) is 1. The molecule has 0 bridgehead atoms. The van der Waals surface area contributed by atoms with Gasteiger partial charge in [-0.2, -0.15) is 0 Å². The van der Waals surface area contributed by atoms with Gasteiger partial charge in [-0.25, -0.2) is 0 Å². The molecule has 94 valence electrons. The summed E-state index contributed by atoms with van der Waals surface area (Å²) < 4.78 is 0. The van der Waals surface area contributed by atoms with Crippen molar-refractivity contribution in [1.82, 2.24) is 0 Å². The first-order valence-corrected chi connectivity index (χ1v) is 7.24. The Morgan fingerprint density at radius 3 is 2.11 bits per heavy atom. The summed E-state index contributed by atoms with van der Waals surface area (Å²) in [6.45, 7) is 0. The molecular formula is C16H11ClOS. The molecule has 1 unspecified atom stereocenters.